The molecule has 0 aliphatic carbocycles. The first-order valence-corrected chi connectivity index (χ1v) is 20.1. The summed E-state index contributed by atoms with van der Waals surface area (Å²) >= 11 is 0. The van der Waals surface area contributed by atoms with Crippen LogP contribution in [0, 0.1) is 0 Å². The van der Waals surface area contributed by atoms with Gasteiger partial charge in [0.15, 0.2) is 6.10 Å². The highest BCUT2D eigenvalue weighted by atomic mass is 31.2. The van der Waals surface area contributed by atoms with Crippen molar-refractivity contribution in [2.24, 2.45) is 0 Å². The number of carbonyl (C=O) groups excluding carboxylic acids is 2. The van der Waals surface area contributed by atoms with Crippen molar-refractivity contribution < 1.29 is 37.6 Å². The van der Waals surface area contributed by atoms with Gasteiger partial charge in [0.05, 0.1) is 6.61 Å². The van der Waals surface area contributed by atoms with Crippen LogP contribution >= 0.6 is 7.82 Å². The first-order chi connectivity index (χ1) is 23.8. The maximum absolute atomic E-state index is 12.4. The molecule has 49 heavy (non-hydrogen) atoms. The van der Waals surface area contributed by atoms with Gasteiger partial charge in [-0.3, -0.25) is 18.6 Å². The van der Waals surface area contributed by atoms with Crippen LogP contribution in [0.3, 0.4) is 0 Å². The van der Waals surface area contributed by atoms with Gasteiger partial charge in [-0.1, -0.05) is 125 Å². The molecule has 2 atom stereocenters. The summed E-state index contributed by atoms with van der Waals surface area (Å²) in [5, 5.41) is 0. The second-order valence-electron chi connectivity index (χ2n) is 12.0. The summed E-state index contributed by atoms with van der Waals surface area (Å²) in [6, 6.07) is 0. The second kappa shape index (κ2) is 35.3. The monoisotopic (exact) mass is 706 g/mol. The number of carbonyl (C=O) groups is 2. The fourth-order valence-electron chi connectivity index (χ4n) is 4.57. The molecule has 0 heterocycles. The lowest BCUT2D eigenvalue weighted by molar-refractivity contribution is -0.161. The molecule has 0 aliphatic rings. The van der Waals surface area contributed by atoms with E-state index in [1.807, 2.05) is 0 Å². The SMILES string of the molecule is CC/C=C\C/C=C\C/C=C\C/C=C\CCCCCCC(=O)OC(COC(=O)CCCCCCC/C=C\C/C=C\CCC)COP(=O)(O)OC. The average Bonchev–Trinajstić information content (AvgIpc) is 3.09. The molecule has 0 aromatic heterocycles. The van der Waals surface area contributed by atoms with Gasteiger partial charge in [-0.25, -0.2) is 4.57 Å². The van der Waals surface area contributed by atoms with E-state index in [0.29, 0.717) is 6.42 Å². The van der Waals surface area contributed by atoms with Gasteiger partial charge in [0.1, 0.15) is 6.61 Å². The Morgan fingerprint density at radius 3 is 1.55 bits per heavy atom. The third-order valence-corrected chi connectivity index (χ3v) is 8.35. The second-order valence-corrected chi connectivity index (χ2v) is 13.5. The van der Waals surface area contributed by atoms with Gasteiger partial charge in [0, 0.05) is 20.0 Å². The topological polar surface area (TPSA) is 108 Å². The van der Waals surface area contributed by atoms with E-state index in [-0.39, 0.29) is 19.4 Å². The van der Waals surface area contributed by atoms with Gasteiger partial charge >= 0.3 is 19.8 Å². The molecule has 0 spiro atoms. The van der Waals surface area contributed by atoms with E-state index < -0.39 is 32.5 Å². The Morgan fingerprint density at radius 2 is 1.04 bits per heavy atom. The summed E-state index contributed by atoms with van der Waals surface area (Å²) in [6.07, 6.45) is 43.8. The summed E-state index contributed by atoms with van der Waals surface area (Å²) < 4.78 is 31.8. The predicted molar refractivity (Wildman–Crippen MR) is 202 cm³/mol. The van der Waals surface area contributed by atoms with E-state index in [1.54, 1.807) is 0 Å². The number of hydrogen-bond acceptors (Lipinski definition) is 7. The molecule has 1 N–H and O–H groups in total. The zero-order chi connectivity index (χ0) is 36.1. The molecule has 0 aromatic rings. The largest absolute Gasteiger partial charge is 0.472 e. The van der Waals surface area contributed by atoms with Crippen molar-refractivity contribution in [1.29, 1.82) is 0 Å². The molecule has 9 heteroatoms. The maximum Gasteiger partial charge on any atom is 0.472 e. The van der Waals surface area contributed by atoms with Crippen LogP contribution in [0.2, 0.25) is 0 Å². The molecular weight excluding hydrogens is 639 g/mol. The molecule has 0 saturated heterocycles. The highest BCUT2D eigenvalue weighted by molar-refractivity contribution is 7.47. The number of allylic oxidation sites excluding steroid dienone is 12. The Balaban J connectivity index is 4.16. The number of phosphoric acid groups is 1. The van der Waals surface area contributed by atoms with Crippen LogP contribution in [0.25, 0.3) is 0 Å². The van der Waals surface area contributed by atoms with Crippen molar-refractivity contribution >= 4 is 19.8 Å². The van der Waals surface area contributed by atoms with E-state index in [0.717, 1.165) is 110 Å². The third-order valence-electron chi connectivity index (χ3n) is 7.42. The molecule has 0 amide bonds. The fourth-order valence-corrected chi connectivity index (χ4v) is 5.03. The van der Waals surface area contributed by atoms with Gasteiger partial charge in [0.25, 0.3) is 0 Å². The molecule has 0 aliphatic heterocycles. The standard InChI is InChI=1S/C40H67O8P/c1-4-6-8-10-12-14-16-18-19-20-21-23-25-27-29-31-33-35-40(42)48-38(37-47-49(43,44)45-3)36-46-39(41)34-32-30-28-26-24-22-17-15-13-11-9-7-5-2/h6,8-9,11-12,14-15,17-19,21,23,38H,4-5,7,10,13,16,20,22,24-37H2,1-3H3,(H,43,44)/b8-6-,11-9-,14-12-,17-15-,19-18-,23-21-. The number of ether oxygens (including phenoxy) is 2. The number of rotatable bonds is 33. The van der Waals surface area contributed by atoms with E-state index in [2.05, 4.69) is 91.3 Å². The maximum atomic E-state index is 12.4. The zero-order valence-corrected chi connectivity index (χ0v) is 31.7. The normalized spacial score (nSPS) is 14.3. The first-order valence-electron chi connectivity index (χ1n) is 18.6. The summed E-state index contributed by atoms with van der Waals surface area (Å²) in [5.41, 5.74) is 0. The van der Waals surface area contributed by atoms with E-state index in [1.165, 1.54) is 6.42 Å². The molecule has 0 saturated carbocycles. The number of hydrogen-bond donors (Lipinski definition) is 1. The lowest BCUT2D eigenvalue weighted by atomic mass is 10.1. The molecular formula is C40H67O8P. The summed E-state index contributed by atoms with van der Waals surface area (Å²) in [7, 11) is -3.22. The van der Waals surface area contributed by atoms with Crippen LogP contribution in [0.1, 0.15) is 142 Å². The molecule has 0 fully saturated rings. The lowest BCUT2D eigenvalue weighted by Crippen LogP contribution is -2.29. The van der Waals surface area contributed by atoms with Crippen LogP contribution < -0.4 is 0 Å². The van der Waals surface area contributed by atoms with E-state index in [9.17, 15) is 19.0 Å². The zero-order valence-electron chi connectivity index (χ0n) is 30.8. The van der Waals surface area contributed by atoms with Gasteiger partial charge in [-0.15, -0.1) is 0 Å². The van der Waals surface area contributed by atoms with Crippen LogP contribution in [0.4, 0.5) is 0 Å². The Hall–Kier alpha value is -2.51. The lowest BCUT2D eigenvalue weighted by Gasteiger charge is -2.19. The summed E-state index contributed by atoms with van der Waals surface area (Å²) in [4.78, 5) is 34.3. The minimum Gasteiger partial charge on any atom is -0.462 e. The quantitative estimate of drug-likeness (QED) is 0.0311. The van der Waals surface area contributed by atoms with Crippen LogP contribution in [0.5, 0.6) is 0 Å². The van der Waals surface area contributed by atoms with Crippen molar-refractivity contribution in [3.63, 3.8) is 0 Å². The van der Waals surface area contributed by atoms with Crippen molar-refractivity contribution in [2.75, 3.05) is 20.3 Å². The van der Waals surface area contributed by atoms with Crippen LogP contribution in [-0.2, 0) is 32.7 Å². The molecule has 2 unspecified atom stereocenters. The van der Waals surface area contributed by atoms with Crippen LogP contribution in [0.15, 0.2) is 72.9 Å². The van der Waals surface area contributed by atoms with E-state index in [4.69, 9.17) is 14.0 Å². The van der Waals surface area contributed by atoms with Crippen molar-refractivity contribution in [3.8, 4) is 0 Å². The molecule has 0 bridgehead atoms. The van der Waals surface area contributed by atoms with Crippen molar-refractivity contribution in [3.05, 3.63) is 72.9 Å². The third kappa shape index (κ3) is 35.1. The minimum absolute atomic E-state index is 0.210. The molecule has 0 radical (unpaired) electrons. The van der Waals surface area contributed by atoms with Crippen molar-refractivity contribution in [2.45, 2.75) is 148 Å². The Bertz CT molecular complexity index is 1030. The van der Waals surface area contributed by atoms with Gasteiger partial charge in [0.2, 0.25) is 0 Å². The van der Waals surface area contributed by atoms with E-state index >= 15 is 0 Å². The highest BCUT2D eigenvalue weighted by Gasteiger charge is 2.24. The smallest absolute Gasteiger partial charge is 0.462 e. The Kier molecular flexibility index (Phi) is 33.5. The predicted octanol–water partition coefficient (Wildman–Crippen LogP) is 11.4. The molecule has 8 nitrogen and oxygen atoms in total. The molecule has 0 rings (SSSR count). The number of esters is 2. The summed E-state index contributed by atoms with van der Waals surface area (Å²) in [6.45, 7) is 3.65. The van der Waals surface area contributed by atoms with Crippen molar-refractivity contribution in [1.82, 2.24) is 0 Å². The van der Waals surface area contributed by atoms with Gasteiger partial charge < -0.3 is 14.4 Å². The first kappa shape index (κ1) is 46.5. The average molecular weight is 707 g/mol. The molecule has 0 aromatic carbocycles. The Morgan fingerprint density at radius 1 is 0.592 bits per heavy atom. The molecule has 280 valence electrons. The number of unbranched alkanes of at least 4 members (excludes halogenated alkanes) is 10. The fraction of sp³-hybridized carbons (Fsp3) is 0.650. The minimum atomic E-state index is -4.27. The highest BCUT2D eigenvalue weighted by Crippen LogP contribution is 2.42. The summed E-state index contributed by atoms with van der Waals surface area (Å²) in [5.74, 6) is -0.858. The Labute approximate surface area is 298 Å². The van der Waals surface area contributed by atoms with Crippen LogP contribution in [-0.4, -0.2) is 43.3 Å². The van der Waals surface area contributed by atoms with Gasteiger partial charge in [-0.2, -0.15) is 0 Å². The van der Waals surface area contributed by atoms with Gasteiger partial charge in [-0.05, 0) is 77.0 Å². The number of phosphoric ester groups is 1.